The molecule has 4 rings (SSSR count). The van der Waals surface area contributed by atoms with Crippen molar-refractivity contribution in [1.82, 2.24) is 0 Å². The maximum absolute atomic E-state index is 11.4. The Morgan fingerprint density at radius 3 is 2.50 bits per heavy atom. The second kappa shape index (κ2) is 9.14. The Balaban J connectivity index is 1.46. The van der Waals surface area contributed by atoms with Crippen LogP contribution in [0.25, 0.3) is 0 Å². The Labute approximate surface area is 196 Å². The smallest absolute Gasteiger partial charge is 0.303 e. The normalized spacial score (nSPS) is 42.8. The van der Waals surface area contributed by atoms with E-state index in [1.54, 1.807) is 0 Å². The van der Waals surface area contributed by atoms with E-state index in [-0.39, 0.29) is 11.5 Å². The van der Waals surface area contributed by atoms with Gasteiger partial charge >= 0.3 is 7.82 Å². The zero-order valence-corrected chi connectivity index (χ0v) is 21.9. The Morgan fingerprint density at radius 2 is 1.81 bits per heavy atom. The zero-order chi connectivity index (χ0) is 23.3. The SMILES string of the molecule is CC(C)CCC[C@@H](C)[C@H]1CC[C@H]2[C@@H]3CC=C4CC(OP(=O)(O)O)CC[C@]4(C)[C@H]3CC[C@]12C. The minimum absolute atomic E-state index is 0.194. The summed E-state index contributed by atoms with van der Waals surface area (Å²) in [6, 6.07) is 0. The molecule has 0 aromatic rings. The van der Waals surface area contributed by atoms with Gasteiger partial charge in [-0.3, -0.25) is 4.52 Å². The molecular formula is C27H47O4P. The number of phosphoric ester groups is 1. The lowest BCUT2D eigenvalue weighted by atomic mass is 9.47. The van der Waals surface area contributed by atoms with E-state index in [4.69, 9.17) is 4.52 Å². The average Bonchev–Trinajstić information content (AvgIpc) is 3.04. The fourth-order valence-corrected chi connectivity index (χ4v) is 9.50. The Morgan fingerprint density at radius 1 is 1.06 bits per heavy atom. The van der Waals surface area contributed by atoms with Crippen LogP contribution in [0.15, 0.2) is 11.6 Å². The second-order valence-electron chi connectivity index (χ2n) is 12.8. The van der Waals surface area contributed by atoms with Crippen LogP contribution in [-0.4, -0.2) is 15.9 Å². The maximum Gasteiger partial charge on any atom is 0.469 e. The third-order valence-electron chi connectivity index (χ3n) is 10.5. The van der Waals surface area contributed by atoms with Crippen LogP contribution in [0.5, 0.6) is 0 Å². The molecule has 0 aromatic carbocycles. The van der Waals surface area contributed by atoms with Gasteiger partial charge in [0.15, 0.2) is 0 Å². The molecule has 184 valence electrons. The Hall–Kier alpha value is -0.150. The Kier molecular flexibility index (Phi) is 7.13. The molecule has 1 unspecified atom stereocenters. The van der Waals surface area contributed by atoms with Crippen molar-refractivity contribution in [1.29, 1.82) is 0 Å². The summed E-state index contributed by atoms with van der Waals surface area (Å²) in [6.45, 7) is 12.3. The van der Waals surface area contributed by atoms with Crippen molar-refractivity contribution in [2.24, 2.45) is 46.3 Å². The van der Waals surface area contributed by atoms with Crippen LogP contribution in [-0.2, 0) is 9.09 Å². The molecular weight excluding hydrogens is 419 g/mol. The zero-order valence-electron chi connectivity index (χ0n) is 21.1. The van der Waals surface area contributed by atoms with Gasteiger partial charge in [0.25, 0.3) is 0 Å². The van der Waals surface area contributed by atoms with Crippen LogP contribution < -0.4 is 0 Å². The number of hydrogen-bond acceptors (Lipinski definition) is 2. The van der Waals surface area contributed by atoms with Crippen molar-refractivity contribution in [3.05, 3.63) is 11.6 Å². The third-order valence-corrected chi connectivity index (χ3v) is 11.1. The quantitative estimate of drug-likeness (QED) is 0.301. The lowest BCUT2D eigenvalue weighted by Gasteiger charge is -2.58. The molecule has 0 aliphatic heterocycles. The number of phosphoric acid groups is 1. The van der Waals surface area contributed by atoms with E-state index >= 15 is 0 Å². The molecule has 0 aromatic heterocycles. The minimum Gasteiger partial charge on any atom is -0.303 e. The lowest BCUT2D eigenvalue weighted by Crippen LogP contribution is -2.50. The predicted octanol–water partition coefficient (Wildman–Crippen LogP) is 7.51. The van der Waals surface area contributed by atoms with E-state index < -0.39 is 7.82 Å². The molecule has 4 aliphatic carbocycles. The van der Waals surface area contributed by atoms with E-state index in [1.165, 1.54) is 50.5 Å². The number of allylic oxidation sites excluding steroid dienone is 1. The third kappa shape index (κ3) is 4.68. The molecule has 4 nitrogen and oxygen atoms in total. The van der Waals surface area contributed by atoms with Crippen molar-refractivity contribution in [3.8, 4) is 0 Å². The van der Waals surface area contributed by atoms with E-state index in [2.05, 4.69) is 40.7 Å². The van der Waals surface area contributed by atoms with Gasteiger partial charge in [0.05, 0.1) is 6.10 Å². The number of rotatable bonds is 7. The first-order chi connectivity index (χ1) is 14.9. The first-order valence-electron chi connectivity index (χ1n) is 13.4. The molecule has 2 N–H and O–H groups in total. The van der Waals surface area contributed by atoms with Gasteiger partial charge in [-0.1, -0.05) is 65.5 Å². The van der Waals surface area contributed by atoms with Crippen LogP contribution in [0.1, 0.15) is 105 Å². The summed E-state index contributed by atoms with van der Waals surface area (Å²) in [6.07, 6.45) is 15.4. The predicted molar refractivity (Wildman–Crippen MR) is 130 cm³/mol. The fraction of sp³-hybridized carbons (Fsp3) is 0.926. The minimum atomic E-state index is -4.41. The van der Waals surface area contributed by atoms with Gasteiger partial charge < -0.3 is 9.79 Å². The molecule has 4 aliphatic rings. The summed E-state index contributed by atoms with van der Waals surface area (Å²) in [5.41, 5.74) is 2.12. The van der Waals surface area contributed by atoms with Crippen molar-refractivity contribution in [2.75, 3.05) is 0 Å². The van der Waals surface area contributed by atoms with Gasteiger partial charge in [0.2, 0.25) is 0 Å². The fourth-order valence-electron chi connectivity index (χ4n) is 8.94. The first-order valence-corrected chi connectivity index (χ1v) is 14.9. The highest BCUT2D eigenvalue weighted by molar-refractivity contribution is 7.46. The van der Waals surface area contributed by atoms with Gasteiger partial charge in [-0.2, -0.15) is 0 Å². The van der Waals surface area contributed by atoms with Gasteiger partial charge in [0.1, 0.15) is 0 Å². The van der Waals surface area contributed by atoms with Crippen LogP contribution >= 0.6 is 7.82 Å². The lowest BCUT2D eigenvalue weighted by molar-refractivity contribution is -0.0570. The van der Waals surface area contributed by atoms with E-state index in [1.807, 2.05) is 0 Å². The summed E-state index contributed by atoms with van der Waals surface area (Å²) < 4.78 is 16.5. The summed E-state index contributed by atoms with van der Waals surface area (Å²) in [7, 11) is -4.41. The average molecular weight is 467 g/mol. The van der Waals surface area contributed by atoms with Gasteiger partial charge in [-0.15, -0.1) is 0 Å². The largest absolute Gasteiger partial charge is 0.469 e. The van der Waals surface area contributed by atoms with Crippen LogP contribution in [0, 0.1) is 46.3 Å². The highest BCUT2D eigenvalue weighted by Gasteiger charge is 2.59. The highest BCUT2D eigenvalue weighted by Crippen LogP contribution is 2.67. The van der Waals surface area contributed by atoms with E-state index in [9.17, 15) is 14.4 Å². The van der Waals surface area contributed by atoms with E-state index in [0.29, 0.717) is 11.8 Å². The summed E-state index contributed by atoms with van der Waals surface area (Å²) >= 11 is 0. The topological polar surface area (TPSA) is 66.8 Å². The van der Waals surface area contributed by atoms with Gasteiger partial charge in [-0.05, 0) is 97.7 Å². The summed E-state index contributed by atoms with van der Waals surface area (Å²) in [4.78, 5) is 18.5. The standard InChI is InChI=1S/C27H47O4P/c1-18(2)7-6-8-19(3)23-11-12-24-22-10-9-20-17-21(31-32(28,29)30)13-15-26(20,4)25(22)14-16-27(23,24)5/h9,18-19,21-25H,6-8,10-17H2,1-5H3,(H2,28,29,30)/t19-,21?,22+,23-,24+,25+,26+,27-/m1/s1. The molecule has 3 saturated carbocycles. The first kappa shape index (κ1) is 25.0. The van der Waals surface area contributed by atoms with Crippen LogP contribution in [0.3, 0.4) is 0 Å². The van der Waals surface area contributed by atoms with Gasteiger partial charge in [0, 0.05) is 0 Å². The van der Waals surface area contributed by atoms with Crippen molar-refractivity contribution < 1.29 is 18.9 Å². The van der Waals surface area contributed by atoms with Crippen LogP contribution in [0.4, 0.5) is 0 Å². The van der Waals surface area contributed by atoms with Crippen molar-refractivity contribution in [2.45, 2.75) is 111 Å². The molecule has 8 atom stereocenters. The van der Waals surface area contributed by atoms with Crippen LogP contribution in [0.2, 0.25) is 0 Å². The summed E-state index contributed by atoms with van der Waals surface area (Å²) in [5, 5.41) is 0. The molecule has 3 fully saturated rings. The second-order valence-corrected chi connectivity index (χ2v) is 13.9. The molecule has 0 saturated heterocycles. The maximum atomic E-state index is 11.4. The highest BCUT2D eigenvalue weighted by atomic mass is 31.2. The monoisotopic (exact) mass is 466 g/mol. The molecule has 32 heavy (non-hydrogen) atoms. The van der Waals surface area contributed by atoms with Crippen molar-refractivity contribution in [3.63, 3.8) is 0 Å². The number of fused-ring (bicyclic) bond motifs is 5. The summed E-state index contributed by atoms with van der Waals surface area (Å²) in [5.74, 6) is 4.89. The Bertz CT molecular complexity index is 757. The van der Waals surface area contributed by atoms with Gasteiger partial charge in [-0.25, -0.2) is 4.57 Å². The van der Waals surface area contributed by atoms with Crippen molar-refractivity contribution >= 4 is 7.82 Å². The molecule has 0 amide bonds. The molecule has 0 heterocycles. The molecule has 5 heteroatoms. The number of hydrogen-bond donors (Lipinski definition) is 2. The molecule has 0 bridgehead atoms. The van der Waals surface area contributed by atoms with E-state index in [0.717, 1.165) is 54.8 Å². The molecule has 0 spiro atoms. The molecule has 0 radical (unpaired) electrons.